The molecule has 0 aliphatic rings. The van der Waals surface area contributed by atoms with Crippen molar-refractivity contribution >= 4 is 21.9 Å². The van der Waals surface area contributed by atoms with Crippen molar-refractivity contribution in [2.24, 2.45) is 7.05 Å². The second-order valence-corrected chi connectivity index (χ2v) is 5.07. The van der Waals surface area contributed by atoms with Crippen molar-refractivity contribution in [2.75, 3.05) is 0 Å². The highest BCUT2D eigenvalue weighted by Crippen LogP contribution is 2.33. The minimum Gasteiger partial charge on any atom is -0.333 e. The highest BCUT2D eigenvalue weighted by atomic mass is 15.1. The number of benzene rings is 2. The Kier molecular flexibility index (Phi) is 2.21. The van der Waals surface area contributed by atoms with E-state index in [-0.39, 0.29) is 0 Å². The van der Waals surface area contributed by atoms with E-state index in [0.717, 1.165) is 27.8 Å². The molecule has 0 spiro atoms. The van der Waals surface area contributed by atoms with Crippen LogP contribution in [-0.4, -0.2) is 19.7 Å². The SMILES string of the molecule is Cc1n[nH]c2c(-c3cccc4ncn(C)c34)cccc12. The third-order valence-electron chi connectivity index (χ3n) is 3.82. The zero-order valence-electron chi connectivity index (χ0n) is 11.4. The number of imidazole rings is 1. The fraction of sp³-hybridized carbons (Fsp3) is 0.125. The van der Waals surface area contributed by atoms with Crippen LogP contribution in [-0.2, 0) is 7.05 Å². The minimum atomic E-state index is 1.01. The van der Waals surface area contributed by atoms with Crippen LogP contribution >= 0.6 is 0 Å². The Morgan fingerprint density at radius 3 is 2.75 bits per heavy atom. The number of nitrogens with one attached hydrogen (secondary N) is 1. The summed E-state index contributed by atoms with van der Waals surface area (Å²) >= 11 is 0. The van der Waals surface area contributed by atoms with Gasteiger partial charge >= 0.3 is 0 Å². The summed E-state index contributed by atoms with van der Waals surface area (Å²) in [7, 11) is 2.02. The second kappa shape index (κ2) is 3.93. The van der Waals surface area contributed by atoms with Crippen molar-refractivity contribution in [3.05, 3.63) is 48.4 Å². The van der Waals surface area contributed by atoms with Gasteiger partial charge in [-0.3, -0.25) is 5.10 Å². The Morgan fingerprint density at radius 2 is 1.85 bits per heavy atom. The molecule has 4 nitrogen and oxygen atoms in total. The second-order valence-electron chi connectivity index (χ2n) is 5.07. The van der Waals surface area contributed by atoms with Crippen LogP contribution in [0.1, 0.15) is 5.69 Å². The average molecular weight is 262 g/mol. The molecule has 0 atom stereocenters. The van der Waals surface area contributed by atoms with E-state index in [0.29, 0.717) is 0 Å². The van der Waals surface area contributed by atoms with Gasteiger partial charge in [-0.2, -0.15) is 5.10 Å². The molecule has 2 aromatic carbocycles. The molecule has 0 saturated heterocycles. The van der Waals surface area contributed by atoms with E-state index < -0.39 is 0 Å². The maximum absolute atomic E-state index is 4.43. The lowest BCUT2D eigenvalue weighted by atomic mass is 10.0. The number of rotatable bonds is 1. The molecule has 0 amide bonds. The lowest BCUT2D eigenvalue weighted by Gasteiger charge is -2.07. The van der Waals surface area contributed by atoms with Gasteiger partial charge < -0.3 is 4.57 Å². The van der Waals surface area contributed by atoms with Gasteiger partial charge in [0.25, 0.3) is 0 Å². The number of hydrogen-bond donors (Lipinski definition) is 1. The fourth-order valence-corrected chi connectivity index (χ4v) is 2.83. The van der Waals surface area contributed by atoms with Crippen LogP contribution in [0.3, 0.4) is 0 Å². The Balaban J connectivity index is 2.14. The van der Waals surface area contributed by atoms with E-state index in [1.54, 1.807) is 0 Å². The molecule has 0 unspecified atom stereocenters. The summed E-state index contributed by atoms with van der Waals surface area (Å²) in [5.41, 5.74) is 6.61. The van der Waals surface area contributed by atoms with Gasteiger partial charge in [0.1, 0.15) is 0 Å². The topological polar surface area (TPSA) is 46.5 Å². The average Bonchev–Trinajstić information content (AvgIpc) is 3.03. The lowest BCUT2D eigenvalue weighted by Crippen LogP contribution is -1.89. The quantitative estimate of drug-likeness (QED) is 0.571. The molecule has 0 radical (unpaired) electrons. The highest BCUT2D eigenvalue weighted by molar-refractivity contribution is 6.02. The summed E-state index contributed by atoms with van der Waals surface area (Å²) < 4.78 is 2.06. The predicted octanol–water partition coefficient (Wildman–Crippen LogP) is 3.43. The summed E-state index contributed by atoms with van der Waals surface area (Å²) in [6, 6.07) is 12.5. The molecule has 98 valence electrons. The molecular weight excluding hydrogens is 248 g/mol. The molecule has 4 rings (SSSR count). The molecule has 4 aromatic rings. The number of para-hydroxylation sites is 2. The van der Waals surface area contributed by atoms with Crippen molar-refractivity contribution in [1.82, 2.24) is 19.7 Å². The van der Waals surface area contributed by atoms with E-state index >= 15 is 0 Å². The van der Waals surface area contributed by atoms with E-state index in [2.05, 4.69) is 44.0 Å². The van der Waals surface area contributed by atoms with Crippen molar-refractivity contribution in [3.63, 3.8) is 0 Å². The summed E-state index contributed by atoms with van der Waals surface area (Å²) in [6.45, 7) is 2.02. The summed E-state index contributed by atoms with van der Waals surface area (Å²) in [5, 5.41) is 8.64. The predicted molar refractivity (Wildman–Crippen MR) is 80.5 cm³/mol. The van der Waals surface area contributed by atoms with Crippen LogP contribution in [0.25, 0.3) is 33.1 Å². The van der Waals surface area contributed by atoms with Crippen LogP contribution in [0.15, 0.2) is 42.7 Å². The number of hydrogen-bond acceptors (Lipinski definition) is 2. The zero-order valence-corrected chi connectivity index (χ0v) is 11.4. The minimum absolute atomic E-state index is 1.01. The molecule has 0 aliphatic carbocycles. The molecule has 20 heavy (non-hydrogen) atoms. The Bertz CT molecular complexity index is 930. The molecule has 0 fully saturated rings. The number of aromatic amines is 1. The number of fused-ring (bicyclic) bond motifs is 2. The number of nitrogens with zero attached hydrogens (tertiary/aromatic N) is 3. The van der Waals surface area contributed by atoms with Crippen LogP contribution < -0.4 is 0 Å². The summed E-state index contributed by atoms with van der Waals surface area (Å²) in [5.74, 6) is 0. The first kappa shape index (κ1) is 11.2. The van der Waals surface area contributed by atoms with Gasteiger partial charge in [0.05, 0.1) is 28.6 Å². The number of aryl methyl sites for hydroxylation is 2. The zero-order chi connectivity index (χ0) is 13.7. The Labute approximate surface area is 116 Å². The summed E-state index contributed by atoms with van der Waals surface area (Å²) in [4.78, 5) is 4.43. The maximum Gasteiger partial charge on any atom is 0.0955 e. The van der Waals surface area contributed by atoms with Gasteiger partial charge in [0.2, 0.25) is 0 Å². The third-order valence-corrected chi connectivity index (χ3v) is 3.82. The van der Waals surface area contributed by atoms with Gasteiger partial charge in [0, 0.05) is 23.6 Å². The summed E-state index contributed by atoms with van der Waals surface area (Å²) in [6.07, 6.45) is 1.85. The van der Waals surface area contributed by atoms with E-state index in [4.69, 9.17) is 0 Å². The molecule has 4 heteroatoms. The molecule has 1 N–H and O–H groups in total. The maximum atomic E-state index is 4.43. The van der Waals surface area contributed by atoms with Crippen LogP contribution in [0.2, 0.25) is 0 Å². The lowest BCUT2D eigenvalue weighted by molar-refractivity contribution is 0.948. The largest absolute Gasteiger partial charge is 0.333 e. The fourth-order valence-electron chi connectivity index (χ4n) is 2.83. The monoisotopic (exact) mass is 262 g/mol. The third kappa shape index (κ3) is 1.42. The first-order chi connectivity index (χ1) is 9.75. The van der Waals surface area contributed by atoms with E-state index in [1.165, 1.54) is 10.9 Å². The number of H-pyrrole nitrogens is 1. The first-order valence-corrected chi connectivity index (χ1v) is 6.60. The molecule has 0 bridgehead atoms. The van der Waals surface area contributed by atoms with Gasteiger partial charge in [-0.05, 0) is 13.0 Å². The van der Waals surface area contributed by atoms with Crippen LogP contribution in [0.5, 0.6) is 0 Å². The van der Waals surface area contributed by atoms with Crippen molar-refractivity contribution < 1.29 is 0 Å². The van der Waals surface area contributed by atoms with Crippen LogP contribution in [0.4, 0.5) is 0 Å². The molecule has 2 aromatic heterocycles. The normalized spacial score (nSPS) is 11.5. The van der Waals surface area contributed by atoms with Gasteiger partial charge in [-0.1, -0.05) is 30.3 Å². The van der Waals surface area contributed by atoms with E-state index in [1.807, 2.05) is 32.4 Å². The highest BCUT2D eigenvalue weighted by Gasteiger charge is 2.12. The number of aromatic nitrogens is 4. The Morgan fingerprint density at radius 1 is 1.05 bits per heavy atom. The van der Waals surface area contributed by atoms with E-state index in [9.17, 15) is 0 Å². The van der Waals surface area contributed by atoms with Gasteiger partial charge in [-0.15, -0.1) is 0 Å². The van der Waals surface area contributed by atoms with Crippen molar-refractivity contribution in [1.29, 1.82) is 0 Å². The van der Waals surface area contributed by atoms with Crippen LogP contribution in [0, 0.1) is 6.92 Å². The Hall–Kier alpha value is -2.62. The molecule has 0 saturated carbocycles. The van der Waals surface area contributed by atoms with Crippen molar-refractivity contribution in [3.8, 4) is 11.1 Å². The molecule has 0 aliphatic heterocycles. The molecular formula is C16H14N4. The van der Waals surface area contributed by atoms with Crippen molar-refractivity contribution in [2.45, 2.75) is 6.92 Å². The van der Waals surface area contributed by atoms with Gasteiger partial charge in [-0.25, -0.2) is 4.98 Å². The first-order valence-electron chi connectivity index (χ1n) is 6.60. The van der Waals surface area contributed by atoms with Gasteiger partial charge in [0.15, 0.2) is 0 Å². The molecule has 2 heterocycles. The standard InChI is InChI=1S/C16H14N4/c1-10-11-5-3-6-12(15(11)19-18-10)13-7-4-8-14-16(13)20(2)9-17-14/h3-9H,1-2H3,(H,18,19). The smallest absolute Gasteiger partial charge is 0.0955 e.